The van der Waals surface area contributed by atoms with Crippen LogP contribution in [0.1, 0.15) is 26.2 Å². The van der Waals surface area contributed by atoms with Gasteiger partial charge in [-0.05, 0) is 6.42 Å². The maximum Gasteiger partial charge on any atom is 0.305 e. The molecule has 1 heterocycles. The number of carboxylic acid groups (broad SMARTS) is 1. The number of carbonyl (C=O) groups is 2. The highest BCUT2D eigenvalue weighted by Crippen LogP contribution is 2.16. The predicted molar refractivity (Wildman–Crippen MR) is 76.9 cm³/mol. The molecule has 1 aromatic heterocycles. The van der Waals surface area contributed by atoms with E-state index in [0.29, 0.717) is 11.7 Å². The number of carbonyl (C=O) groups excluding carboxylic acids is 1. The third-order valence-corrected chi connectivity index (χ3v) is 3.56. The number of aromatic nitrogens is 2. The summed E-state index contributed by atoms with van der Waals surface area (Å²) in [5.74, 6) is -0.939. The highest BCUT2D eigenvalue weighted by atomic mass is 32.1. The standard InChI is InChI=1S/C12H20N4O3S/c1-3-4-6-15(2)10(17)8-16(7-5-11(18)19)12-14-13-9-20-12/h9H,3-8H2,1-2H3,(H,18,19). The Hall–Kier alpha value is -1.70. The van der Waals surface area contributed by atoms with Crippen molar-refractivity contribution in [1.29, 1.82) is 0 Å². The number of unbranched alkanes of at least 4 members (excludes halogenated alkanes) is 1. The van der Waals surface area contributed by atoms with Gasteiger partial charge in [0.2, 0.25) is 11.0 Å². The van der Waals surface area contributed by atoms with E-state index in [4.69, 9.17) is 5.11 Å². The molecule has 0 fully saturated rings. The van der Waals surface area contributed by atoms with Crippen molar-refractivity contribution in [3.8, 4) is 0 Å². The molecule has 112 valence electrons. The van der Waals surface area contributed by atoms with Crippen LogP contribution in [0.25, 0.3) is 0 Å². The van der Waals surface area contributed by atoms with Gasteiger partial charge in [0.1, 0.15) is 5.51 Å². The number of amides is 1. The Kier molecular flexibility index (Phi) is 6.92. The zero-order chi connectivity index (χ0) is 15.0. The Morgan fingerprint density at radius 1 is 1.40 bits per heavy atom. The molecule has 0 aliphatic carbocycles. The monoisotopic (exact) mass is 300 g/mol. The van der Waals surface area contributed by atoms with Crippen molar-refractivity contribution < 1.29 is 14.7 Å². The molecule has 1 N–H and O–H groups in total. The van der Waals surface area contributed by atoms with E-state index in [1.54, 1.807) is 22.4 Å². The Bertz CT molecular complexity index is 424. The fourth-order valence-corrected chi connectivity index (χ4v) is 2.17. The van der Waals surface area contributed by atoms with Gasteiger partial charge in [0.25, 0.3) is 0 Å². The van der Waals surface area contributed by atoms with Crippen molar-refractivity contribution in [3.05, 3.63) is 5.51 Å². The SMILES string of the molecule is CCCCN(C)C(=O)CN(CCC(=O)O)c1nncs1. The first-order chi connectivity index (χ1) is 9.54. The first-order valence-electron chi connectivity index (χ1n) is 6.51. The molecule has 20 heavy (non-hydrogen) atoms. The number of likely N-dealkylation sites (N-methyl/N-ethyl adjacent to an activating group) is 1. The molecule has 0 bridgehead atoms. The van der Waals surface area contributed by atoms with Crippen LogP contribution in [0.15, 0.2) is 5.51 Å². The Labute approximate surface area is 122 Å². The van der Waals surface area contributed by atoms with Gasteiger partial charge < -0.3 is 14.9 Å². The lowest BCUT2D eigenvalue weighted by atomic mass is 10.3. The van der Waals surface area contributed by atoms with E-state index >= 15 is 0 Å². The number of aliphatic carboxylic acids is 1. The van der Waals surface area contributed by atoms with Crippen molar-refractivity contribution in [1.82, 2.24) is 15.1 Å². The smallest absolute Gasteiger partial charge is 0.305 e. The van der Waals surface area contributed by atoms with Gasteiger partial charge in [-0.1, -0.05) is 24.7 Å². The van der Waals surface area contributed by atoms with Crippen LogP contribution in [0.3, 0.4) is 0 Å². The van der Waals surface area contributed by atoms with Crippen LogP contribution >= 0.6 is 11.3 Å². The highest BCUT2D eigenvalue weighted by molar-refractivity contribution is 7.13. The van der Waals surface area contributed by atoms with E-state index in [-0.39, 0.29) is 25.4 Å². The van der Waals surface area contributed by atoms with Gasteiger partial charge in [0, 0.05) is 20.1 Å². The number of carboxylic acids is 1. The quantitative estimate of drug-likeness (QED) is 0.734. The van der Waals surface area contributed by atoms with Crippen molar-refractivity contribution in [2.24, 2.45) is 0 Å². The summed E-state index contributed by atoms with van der Waals surface area (Å²) < 4.78 is 0. The Balaban J connectivity index is 2.60. The van der Waals surface area contributed by atoms with Crippen LogP contribution in [0.5, 0.6) is 0 Å². The number of nitrogens with zero attached hydrogens (tertiary/aromatic N) is 4. The zero-order valence-electron chi connectivity index (χ0n) is 11.8. The number of hydrogen-bond acceptors (Lipinski definition) is 6. The van der Waals surface area contributed by atoms with E-state index < -0.39 is 5.97 Å². The minimum atomic E-state index is -0.897. The van der Waals surface area contributed by atoms with E-state index in [2.05, 4.69) is 17.1 Å². The second kappa shape index (κ2) is 8.47. The first-order valence-corrected chi connectivity index (χ1v) is 7.39. The third-order valence-electron chi connectivity index (χ3n) is 2.81. The van der Waals surface area contributed by atoms with Crippen molar-refractivity contribution in [3.63, 3.8) is 0 Å². The predicted octanol–water partition coefficient (Wildman–Crippen LogP) is 1.08. The molecule has 0 aliphatic rings. The van der Waals surface area contributed by atoms with Crippen LogP contribution in [-0.4, -0.2) is 58.8 Å². The topological polar surface area (TPSA) is 86.6 Å². The van der Waals surface area contributed by atoms with E-state index in [1.807, 2.05) is 0 Å². The lowest BCUT2D eigenvalue weighted by molar-refractivity contribution is -0.137. The molecule has 8 heteroatoms. The molecule has 0 radical (unpaired) electrons. The summed E-state index contributed by atoms with van der Waals surface area (Å²) in [6.45, 7) is 3.15. The van der Waals surface area contributed by atoms with Crippen molar-refractivity contribution >= 4 is 28.3 Å². The lowest BCUT2D eigenvalue weighted by Gasteiger charge is -2.24. The molecule has 1 aromatic rings. The maximum atomic E-state index is 12.1. The molecule has 0 unspecified atom stereocenters. The van der Waals surface area contributed by atoms with Crippen LogP contribution in [0.2, 0.25) is 0 Å². The molecule has 1 amide bonds. The third kappa shape index (κ3) is 5.52. The lowest BCUT2D eigenvalue weighted by Crippen LogP contribution is -2.39. The first kappa shape index (κ1) is 16.4. The van der Waals surface area contributed by atoms with Gasteiger partial charge in [-0.15, -0.1) is 10.2 Å². The van der Waals surface area contributed by atoms with Crippen LogP contribution < -0.4 is 4.90 Å². The molecular weight excluding hydrogens is 280 g/mol. The molecular formula is C12H20N4O3S. The summed E-state index contributed by atoms with van der Waals surface area (Å²) in [4.78, 5) is 26.1. The molecule has 0 aromatic carbocycles. The summed E-state index contributed by atoms with van der Waals surface area (Å²) in [6.07, 6.45) is 1.94. The van der Waals surface area contributed by atoms with Crippen molar-refractivity contribution in [2.75, 3.05) is 31.6 Å². The number of anilines is 1. The van der Waals surface area contributed by atoms with Crippen LogP contribution in [0.4, 0.5) is 5.13 Å². The fraction of sp³-hybridized carbons (Fsp3) is 0.667. The molecule has 0 saturated carbocycles. The molecule has 0 aliphatic heterocycles. The van der Waals surface area contributed by atoms with Gasteiger partial charge in [0.05, 0.1) is 13.0 Å². The average Bonchev–Trinajstić information content (AvgIpc) is 2.94. The normalized spacial score (nSPS) is 10.3. The van der Waals surface area contributed by atoms with Gasteiger partial charge in [-0.3, -0.25) is 9.59 Å². The minimum Gasteiger partial charge on any atom is -0.481 e. The summed E-state index contributed by atoms with van der Waals surface area (Å²) in [5.41, 5.74) is 1.56. The number of hydrogen-bond donors (Lipinski definition) is 1. The number of rotatable bonds is 9. The van der Waals surface area contributed by atoms with E-state index in [1.165, 1.54) is 11.3 Å². The van der Waals surface area contributed by atoms with E-state index in [9.17, 15) is 9.59 Å². The summed E-state index contributed by atoms with van der Waals surface area (Å²) in [7, 11) is 1.76. The van der Waals surface area contributed by atoms with Gasteiger partial charge in [0.15, 0.2) is 0 Å². The average molecular weight is 300 g/mol. The summed E-state index contributed by atoms with van der Waals surface area (Å²) >= 11 is 1.29. The van der Waals surface area contributed by atoms with Gasteiger partial charge in [-0.25, -0.2) is 0 Å². The van der Waals surface area contributed by atoms with E-state index in [0.717, 1.165) is 12.8 Å². The van der Waals surface area contributed by atoms with Crippen LogP contribution in [-0.2, 0) is 9.59 Å². The van der Waals surface area contributed by atoms with Gasteiger partial charge in [-0.2, -0.15) is 0 Å². The fourth-order valence-electron chi connectivity index (χ4n) is 1.58. The summed E-state index contributed by atoms with van der Waals surface area (Å²) in [5, 5.41) is 17.0. The minimum absolute atomic E-state index is 0.0362. The Morgan fingerprint density at radius 3 is 2.70 bits per heavy atom. The second-order valence-electron chi connectivity index (χ2n) is 4.46. The highest BCUT2D eigenvalue weighted by Gasteiger charge is 2.17. The zero-order valence-corrected chi connectivity index (χ0v) is 12.6. The molecule has 0 spiro atoms. The van der Waals surface area contributed by atoms with Gasteiger partial charge >= 0.3 is 5.97 Å². The maximum absolute atomic E-state index is 12.1. The van der Waals surface area contributed by atoms with Crippen molar-refractivity contribution in [2.45, 2.75) is 26.2 Å². The second-order valence-corrected chi connectivity index (χ2v) is 5.27. The largest absolute Gasteiger partial charge is 0.481 e. The molecule has 0 atom stereocenters. The summed E-state index contributed by atoms with van der Waals surface area (Å²) in [6, 6.07) is 0. The molecule has 1 rings (SSSR count). The Morgan fingerprint density at radius 2 is 2.15 bits per heavy atom. The van der Waals surface area contributed by atoms with Crippen LogP contribution in [0, 0.1) is 0 Å². The molecule has 7 nitrogen and oxygen atoms in total. The molecule has 0 saturated heterocycles.